The predicted octanol–water partition coefficient (Wildman–Crippen LogP) is -8.76. The molecule has 0 spiro atoms. The van der Waals surface area contributed by atoms with Gasteiger partial charge in [-0.2, -0.15) is 0 Å². The van der Waals surface area contributed by atoms with Gasteiger partial charge < -0.3 is 54.6 Å². The number of hydrogen-bond donors (Lipinski definition) is 1. The third kappa shape index (κ3) is 5.39. The van der Waals surface area contributed by atoms with Crippen LogP contribution in [0.5, 0.6) is 0 Å². The zero-order valence-corrected chi connectivity index (χ0v) is 15.6. The van der Waals surface area contributed by atoms with Crippen LogP contribution in [0.1, 0.15) is 0 Å². The van der Waals surface area contributed by atoms with Crippen LogP contribution in [-0.2, 0) is 26.2 Å². The van der Waals surface area contributed by atoms with Gasteiger partial charge in [0.05, 0.1) is 11.0 Å². The van der Waals surface area contributed by atoms with Crippen molar-refractivity contribution in [2.75, 3.05) is 0 Å². The molecule has 3 rings (SSSR count). The maximum atomic E-state index is 4.53. The SMILES string of the molecule is [Cl-].[Cl-].[Cl-].[Cl-].[Zr+4].c1ccc(-c2nc3ccccc3[nH]2)cc1. The van der Waals surface area contributed by atoms with E-state index in [1.165, 1.54) is 0 Å². The molecule has 7 heteroatoms. The van der Waals surface area contributed by atoms with Crippen molar-refractivity contribution in [2.24, 2.45) is 0 Å². The van der Waals surface area contributed by atoms with Crippen LogP contribution in [0.3, 0.4) is 0 Å². The molecule has 0 radical (unpaired) electrons. The number of fused-ring (bicyclic) bond motifs is 1. The molecule has 0 bridgehead atoms. The predicted molar refractivity (Wildman–Crippen MR) is 61.5 cm³/mol. The number of nitrogens with one attached hydrogen (secondary N) is 1. The van der Waals surface area contributed by atoms with Crippen molar-refractivity contribution in [2.45, 2.75) is 0 Å². The Balaban J connectivity index is -0.000000578. The van der Waals surface area contributed by atoms with E-state index in [0.29, 0.717) is 0 Å². The molecule has 0 fully saturated rings. The Morgan fingerprint density at radius 3 is 1.85 bits per heavy atom. The number of H-pyrrole nitrogens is 1. The Morgan fingerprint density at radius 2 is 1.25 bits per heavy atom. The first-order valence-electron chi connectivity index (χ1n) is 4.94. The average molecular weight is 427 g/mol. The van der Waals surface area contributed by atoms with Crippen molar-refractivity contribution in [3.63, 3.8) is 0 Å². The van der Waals surface area contributed by atoms with Crippen LogP contribution in [0.15, 0.2) is 54.6 Å². The molecule has 1 aromatic heterocycles. The van der Waals surface area contributed by atoms with E-state index in [4.69, 9.17) is 0 Å². The summed E-state index contributed by atoms with van der Waals surface area (Å²) < 4.78 is 0. The summed E-state index contributed by atoms with van der Waals surface area (Å²) >= 11 is 0. The van der Waals surface area contributed by atoms with E-state index >= 15 is 0 Å². The Labute approximate surface area is 161 Å². The fourth-order valence-corrected chi connectivity index (χ4v) is 1.69. The fraction of sp³-hybridized carbons (Fsp3) is 0. The third-order valence-electron chi connectivity index (χ3n) is 2.44. The molecular weight excluding hydrogens is 417 g/mol. The van der Waals surface area contributed by atoms with Gasteiger partial charge in [0.2, 0.25) is 0 Å². The molecule has 0 aliphatic heterocycles. The molecule has 0 aliphatic carbocycles. The van der Waals surface area contributed by atoms with Crippen LogP contribution < -0.4 is 49.6 Å². The molecular formula is C13H10Cl4N2Zr. The summed E-state index contributed by atoms with van der Waals surface area (Å²) in [5.74, 6) is 0.928. The van der Waals surface area contributed by atoms with Crippen molar-refractivity contribution >= 4 is 11.0 Å². The number of aromatic amines is 1. The summed E-state index contributed by atoms with van der Waals surface area (Å²) in [6.07, 6.45) is 0. The van der Waals surface area contributed by atoms with Gasteiger partial charge in [-0.05, 0) is 12.1 Å². The molecule has 104 valence electrons. The van der Waals surface area contributed by atoms with E-state index in [0.717, 1.165) is 22.4 Å². The maximum absolute atomic E-state index is 4.53. The summed E-state index contributed by atoms with van der Waals surface area (Å²) in [7, 11) is 0. The first-order chi connectivity index (χ1) is 7.43. The summed E-state index contributed by atoms with van der Waals surface area (Å²) in [5.41, 5.74) is 3.21. The van der Waals surface area contributed by atoms with E-state index < -0.39 is 0 Å². The number of rotatable bonds is 1. The van der Waals surface area contributed by atoms with Crippen LogP contribution >= 0.6 is 0 Å². The van der Waals surface area contributed by atoms with E-state index in [2.05, 4.69) is 22.1 Å². The molecule has 0 aliphatic rings. The molecule has 2 nitrogen and oxygen atoms in total. The summed E-state index contributed by atoms with van der Waals surface area (Å²) in [5, 5.41) is 0. The number of imidazole rings is 1. The minimum atomic E-state index is 0. The summed E-state index contributed by atoms with van der Waals surface area (Å²) in [6, 6.07) is 18.2. The third-order valence-corrected chi connectivity index (χ3v) is 2.44. The topological polar surface area (TPSA) is 28.7 Å². The molecule has 0 saturated heterocycles. The number of hydrogen-bond acceptors (Lipinski definition) is 1. The van der Waals surface area contributed by atoms with Crippen LogP contribution in [0.25, 0.3) is 22.4 Å². The first-order valence-corrected chi connectivity index (χ1v) is 4.94. The van der Waals surface area contributed by atoms with Crippen molar-refractivity contribution in [1.29, 1.82) is 0 Å². The molecule has 3 aromatic rings. The Kier molecular flexibility index (Phi) is 14.5. The Morgan fingerprint density at radius 1 is 0.700 bits per heavy atom. The normalized spacial score (nSPS) is 8.00. The molecule has 1 heterocycles. The second-order valence-corrected chi connectivity index (χ2v) is 3.47. The quantitative estimate of drug-likeness (QED) is 0.411. The second kappa shape index (κ2) is 11.6. The Bertz CT molecular complexity index is 568. The van der Waals surface area contributed by atoms with E-state index in [1.807, 2.05) is 42.5 Å². The summed E-state index contributed by atoms with van der Waals surface area (Å²) in [4.78, 5) is 7.83. The van der Waals surface area contributed by atoms with Crippen molar-refractivity contribution in [1.82, 2.24) is 9.97 Å². The van der Waals surface area contributed by atoms with E-state index in [1.54, 1.807) is 0 Å². The average Bonchev–Trinajstić information content (AvgIpc) is 2.74. The molecule has 0 amide bonds. The molecule has 0 atom stereocenters. The number of aromatic nitrogens is 2. The fourth-order valence-electron chi connectivity index (χ4n) is 1.69. The van der Waals surface area contributed by atoms with Gasteiger partial charge in [0.1, 0.15) is 5.82 Å². The van der Waals surface area contributed by atoms with Gasteiger partial charge in [0.15, 0.2) is 0 Å². The van der Waals surface area contributed by atoms with Crippen molar-refractivity contribution < 1.29 is 75.8 Å². The molecule has 0 unspecified atom stereocenters. The molecule has 20 heavy (non-hydrogen) atoms. The van der Waals surface area contributed by atoms with Gasteiger partial charge in [0.25, 0.3) is 0 Å². The van der Waals surface area contributed by atoms with Crippen molar-refractivity contribution in [3.05, 3.63) is 54.6 Å². The van der Waals surface area contributed by atoms with Gasteiger partial charge in [-0.25, -0.2) is 4.98 Å². The van der Waals surface area contributed by atoms with Gasteiger partial charge in [0, 0.05) is 5.56 Å². The molecule has 0 saturated carbocycles. The van der Waals surface area contributed by atoms with Crippen molar-refractivity contribution in [3.8, 4) is 11.4 Å². The standard InChI is InChI=1S/C13H10N2.4ClH.Zr/c1-2-6-10(7-3-1)13-14-11-8-4-5-9-12(11)15-13;;;;;/h1-9H,(H,14,15);4*1H;/q;;;;;+4/p-4. The summed E-state index contributed by atoms with van der Waals surface area (Å²) in [6.45, 7) is 0. The largest absolute Gasteiger partial charge is 4.00 e. The number of benzene rings is 2. The van der Waals surface area contributed by atoms with Gasteiger partial charge in [-0.1, -0.05) is 42.5 Å². The molecule has 2 aromatic carbocycles. The van der Waals surface area contributed by atoms with Crippen LogP contribution in [-0.4, -0.2) is 9.97 Å². The van der Waals surface area contributed by atoms with Gasteiger partial charge in [-0.3, -0.25) is 0 Å². The zero-order chi connectivity index (χ0) is 10.1. The smallest absolute Gasteiger partial charge is 1.00 e. The number of para-hydroxylation sites is 2. The number of nitrogens with zero attached hydrogens (tertiary/aromatic N) is 1. The zero-order valence-electron chi connectivity index (χ0n) is 10.2. The minimum absolute atomic E-state index is 0. The van der Waals surface area contributed by atoms with Crippen LogP contribution in [0.4, 0.5) is 0 Å². The van der Waals surface area contributed by atoms with Gasteiger partial charge >= 0.3 is 26.2 Å². The van der Waals surface area contributed by atoms with Crippen LogP contribution in [0.2, 0.25) is 0 Å². The Hall–Kier alpha value is -0.0469. The van der Waals surface area contributed by atoms with E-state index in [9.17, 15) is 0 Å². The second-order valence-electron chi connectivity index (χ2n) is 3.47. The minimum Gasteiger partial charge on any atom is -1.00 e. The van der Waals surface area contributed by atoms with Crippen LogP contribution in [0, 0.1) is 0 Å². The maximum Gasteiger partial charge on any atom is 4.00 e. The first kappa shape index (κ1) is 24.9. The monoisotopic (exact) mass is 424 g/mol. The molecule has 1 N–H and O–H groups in total. The number of halogens is 4. The van der Waals surface area contributed by atoms with Gasteiger partial charge in [-0.15, -0.1) is 0 Å². The van der Waals surface area contributed by atoms with E-state index in [-0.39, 0.29) is 75.8 Å².